The van der Waals surface area contributed by atoms with Gasteiger partial charge in [-0.2, -0.15) is 0 Å². The third kappa shape index (κ3) is 3.63. The minimum absolute atomic E-state index is 0.00365. The van der Waals surface area contributed by atoms with Crippen LogP contribution in [0.4, 0.5) is 20.2 Å². The molecule has 0 aromatic heterocycles. The summed E-state index contributed by atoms with van der Waals surface area (Å²) in [6.07, 6.45) is 0. The predicted octanol–water partition coefficient (Wildman–Crippen LogP) is 5.44. The smallest absolute Gasteiger partial charge is 0.266 e. The Morgan fingerprint density at radius 2 is 1.69 bits per heavy atom. The highest BCUT2D eigenvalue weighted by atomic mass is 79.9. The van der Waals surface area contributed by atoms with Crippen molar-refractivity contribution < 1.29 is 27.9 Å². The summed E-state index contributed by atoms with van der Waals surface area (Å²) in [4.78, 5) is 39.2. The maximum Gasteiger partial charge on any atom is 0.266 e. The molecule has 0 atom stereocenters. The third-order valence-electron chi connectivity index (χ3n) is 4.79. The molecule has 1 aliphatic rings. The second-order valence-corrected chi connectivity index (χ2v) is 7.96. The number of carbonyl (C=O) groups is 3. The number of anilines is 2. The standard InChI is InChI=1S/C22H12BrClF2N2O4/c1-32-18-9-17(28-21(30)11-4-2-3-5-12(11)22(28)31)15(24)8-13(18)20(29)27-19-14(23)6-10(25)7-16(19)26/h2-9H,1H3,(H,27,29). The zero-order valence-electron chi connectivity index (χ0n) is 16.2. The predicted molar refractivity (Wildman–Crippen MR) is 118 cm³/mol. The fourth-order valence-corrected chi connectivity index (χ4v) is 4.07. The van der Waals surface area contributed by atoms with Gasteiger partial charge in [0, 0.05) is 16.6 Å². The van der Waals surface area contributed by atoms with Gasteiger partial charge in [-0.15, -0.1) is 0 Å². The minimum Gasteiger partial charge on any atom is -0.496 e. The summed E-state index contributed by atoms with van der Waals surface area (Å²) in [7, 11) is 1.28. The summed E-state index contributed by atoms with van der Waals surface area (Å²) < 4.78 is 32.7. The van der Waals surface area contributed by atoms with Crippen LogP contribution in [0.2, 0.25) is 5.02 Å². The fourth-order valence-electron chi connectivity index (χ4n) is 3.31. The molecule has 6 nitrogen and oxygen atoms in total. The lowest BCUT2D eigenvalue weighted by molar-refractivity contribution is 0.0925. The van der Waals surface area contributed by atoms with Crippen molar-refractivity contribution in [1.82, 2.24) is 0 Å². The number of hydrogen-bond donors (Lipinski definition) is 1. The monoisotopic (exact) mass is 520 g/mol. The van der Waals surface area contributed by atoms with Crippen LogP contribution in [-0.4, -0.2) is 24.8 Å². The molecule has 0 radical (unpaired) electrons. The van der Waals surface area contributed by atoms with Gasteiger partial charge in [-0.3, -0.25) is 14.4 Å². The summed E-state index contributed by atoms with van der Waals surface area (Å²) in [6, 6.07) is 10.4. The summed E-state index contributed by atoms with van der Waals surface area (Å²) in [5.41, 5.74) is 0.116. The van der Waals surface area contributed by atoms with Crippen LogP contribution in [0.1, 0.15) is 31.1 Å². The second kappa shape index (κ2) is 8.33. The van der Waals surface area contributed by atoms with Gasteiger partial charge in [0.05, 0.1) is 40.2 Å². The lowest BCUT2D eigenvalue weighted by atomic mass is 10.1. The van der Waals surface area contributed by atoms with Crippen molar-refractivity contribution in [2.45, 2.75) is 0 Å². The van der Waals surface area contributed by atoms with E-state index < -0.39 is 29.4 Å². The number of carbonyl (C=O) groups excluding carboxylic acids is 3. The number of methoxy groups -OCH3 is 1. The van der Waals surface area contributed by atoms with Crippen molar-refractivity contribution in [2.75, 3.05) is 17.3 Å². The number of hydrogen-bond acceptors (Lipinski definition) is 4. The third-order valence-corrected chi connectivity index (χ3v) is 5.72. The van der Waals surface area contributed by atoms with Crippen LogP contribution in [0, 0.1) is 11.6 Å². The molecule has 3 aromatic carbocycles. The number of fused-ring (bicyclic) bond motifs is 1. The fraction of sp³-hybridized carbons (Fsp3) is 0.0455. The largest absolute Gasteiger partial charge is 0.496 e. The molecular formula is C22H12BrClF2N2O4. The Morgan fingerprint density at radius 3 is 2.25 bits per heavy atom. The van der Waals surface area contributed by atoms with Crippen LogP contribution in [0.25, 0.3) is 0 Å². The van der Waals surface area contributed by atoms with Crippen LogP contribution in [0.3, 0.4) is 0 Å². The van der Waals surface area contributed by atoms with E-state index in [0.717, 1.165) is 11.0 Å². The van der Waals surface area contributed by atoms with Crippen molar-refractivity contribution >= 4 is 56.6 Å². The van der Waals surface area contributed by atoms with Gasteiger partial charge >= 0.3 is 0 Å². The van der Waals surface area contributed by atoms with Gasteiger partial charge < -0.3 is 10.1 Å². The number of nitrogens with one attached hydrogen (secondary N) is 1. The number of halogens is 4. The number of amides is 3. The Bertz CT molecular complexity index is 1260. The van der Waals surface area contributed by atoms with E-state index in [9.17, 15) is 23.2 Å². The number of rotatable bonds is 4. The molecular weight excluding hydrogens is 510 g/mol. The Kier molecular flexibility index (Phi) is 5.70. The van der Waals surface area contributed by atoms with Gasteiger partial charge in [0.25, 0.3) is 17.7 Å². The Morgan fingerprint density at radius 1 is 1.06 bits per heavy atom. The van der Waals surface area contributed by atoms with E-state index in [1.807, 2.05) is 0 Å². The first kappa shape index (κ1) is 21.9. The van der Waals surface area contributed by atoms with E-state index in [4.69, 9.17) is 16.3 Å². The van der Waals surface area contributed by atoms with Crippen LogP contribution in [0.15, 0.2) is 53.0 Å². The summed E-state index contributed by atoms with van der Waals surface area (Å²) >= 11 is 9.33. The van der Waals surface area contributed by atoms with Crippen molar-refractivity contribution in [3.05, 3.63) is 86.4 Å². The van der Waals surface area contributed by atoms with E-state index >= 15 is 0 Å². The number of benzene rings is 3. The maximum atomic E-state index is 14.1. The van der Waals surface area contributed by atoms with Crippen LogP contribution >= 0.6 is 27.5 Å². The van der Waals surface area contributed by atoms with Gasteiger partial charge in [0.2, 0.25) is 0 Å². The summed E-state index contributed by atoms with van der Waals surface area (Å²) in [6.45, 7) is 0. The molecule has 1 heterocycles. The molecule has 3 aromatic rings. The Balaban J connectivity index is 1.72. The van der Waals surface area contributed by atoms with Crippen molar-refractivity contribution in [3.63, 3.8) is 0 Å². The van der Waals surface area contributed by atoms with Gasteiger partial charge in [0.1, 0.15) is 11.6 Å². The molecule has 0 fully saturated rings. The van der Waals surface area contributed by atoms with E-state index in [1.54, 1.807) is 12.1 Å². The normalized spacial score (nSPS) is 12.7. The molecule has 0 saturated carbocycles. The molecule has 32 heavy (non-hydrogen) atoms. The molecule has 1 aliphatic heterocycles. The molecule has 10 heteroatoms. The highest BCUT2D eigenvalue weighted by Gasteiger charge is 2.38. The van der Waals surface area contributed by atoms with Gasteiger partial charge in [0.15, 0.2) is 5.82 Å². The number of nitrogens with zero attached hydrogens (tertiary/aromatic N) is 1. The van der Waals surface area contributed by atoms with E-state index in [1.165, 1.54) is 31.4 Å². The molecule has 0 spiro atoms. The first-order valence-corrected chi connectivity index (χ1v) is 10.2. The minimum atomic E-state index is -0.988. The molecule has 162 valence electrons. The zero-order chi connectivity index (χ0) is 23.2. The van der Waals surface area contributed by atoms with Crippen LogP contribution in [-0.2, 0) is 0 Å². The molecule has 0 bridgehead atoms. The number of imide groups is 1. The van der Waals surface area contributed by atoms with Gasteiger partial charge in [-0.1, -0.05) is 23.7 Å². The Labute approximate surface area is 193 Å². The van der Waals surface area contributed by atoms with Crippen molar-refractivity contribution in [2.24, 2.45) is 0 Å². The molecule has 0 aliphatic carbocycles. The van der Waals surface area contributed by atoms with Crippen LogP contribution in [0.5, 0.6) is 5.75 Å². The average molecular weight is 522 g/mol. The van der Waals surface area contributed by atoms with E-state index in [2.05, 4.69) is 21.2 Å². The average Bonchev–Trinajstić information content (AvgIpc) is 3.01. The van der Waals surface area contributed by atoms with Gasteiger partial charge in [-0.25, -0.2) is 13.7 Å². The van der Waals surface area contributed by atoms with Crippen LogP contribution < -0.4 is 15.0 Å². The molecule has 4 rings (SSSR count). The molecule has 0 unspecified atom stereocenters. The lowest BCUT2D eigenvalue weighted by Gasteiger charge is -2.19. The highest BCUT2D eigenvalue weighted by Crippen LogP contribution is 2.38. The topological polar surface area (TPSA) is 75.7 Å². The molecule has 1 N–H and O–H groups in total. The first-order chi connectivity index (χ1) is 15.2. The molecule has 3 amide bonds. The SMILES string of the molecule is COc1cc(N2C(=O)c3ccccc3C2=O)c(Cl)cc1C(=O)Nc1c(F)cc(F)cc1Br. The number of ether oxygens (including phenoxy) is 1. The van der Waals surface area contributed by atoms with E-state index in [-0.39, 0.29) is 43.3 Å². The highest BCUT2D eigenvalue weighted by molar-refractivity contribution is 9.10. The first-order valence-electron chi connectivity index (χ1n) is 9.04. The summed E-state index contributed by atoms with van der Waals surface area (Å²) in [5, 5.41) is 2.25. The second-order valence-electron chi connectivity index (χ2n) is 6.69. The zero-order valence-corrected chi connectivity index (χ0v) is 18.6. The summed E-state index contributed by atoms with van der Waals surface area (Å²) in [5.74, 6) is -3.76. The maximum absolute atomic E-state index is 14.1. The molecule has 0 saturated heterocycles. The Hall–Kier alpha value is -3.30. The van der Waals surface area contributed by atoms with Crippen molar-refractivity contribution in [1.29, 1.82) is 0 Å². The van der Waals surface area contributed by atoms with Crippen molar-refractivity contribution in [3.8, 4) is 5.75 Å². The quantitative estimate of drug-likeness (QED) is 0.464. The lowest BCUT2D eigenvalue weighted by Crippen LogP contribution is -2.30. The van der Waals surface area contributed by atoms with E-state index in [0.29, 0.717) is 6.07 Å². The van der Waals surface area contributed by atoms with Gasteiger partial charge in [-0.05, 0) is 40.2 Å².